The number of benzene rings is 1. The number of urea groups is 1. The summed E-state index contributed by atoms with van der Waals surface area (Å²) in [6.45, 7) is 0.0246. The van der Waals surface area contributed by atoms with Crippen molar-refractivity contribution >= 4 is 11.7 Å². The summed E-state index contributed by atoms with van der Waals surface area (Å²) in [5, 5.41) is 14.9. The molecule has 4 nitrogen and oxygen atoms in total. The standard InChI is InChI=1S/C17H21F3N2O2/c18-17(19,20)8-12-3-1-2-4-14(12)21-16(24)22-15-11-6-5-10(7-11)13(15)9-23/h1-4,10-11,13,15,23H,5-9H2,(H2,21,22,24). The molecule has 7 heteroatoms. The molecule has 0 aromatic heterocycles. The van der Waals surface area contributed by atoms with Gasteiger partial charge in [-0.25, -0.2) is 4.79 Å². The quantitative estimate of drug-likeness (QED) is 0.786. The molecule has 0 radical (unpaired) electrons. The summed E-state index contributed by atoms with van der Waals surface area (Å²) in [6, 6.07) is 5.30. The molecule has 3 rings (SSSR count). The SMILES string of the molecule is O=C(Nc1ccccc1CC(F)(F)F)NC1C2CCC(C2)C1CO. The van der Waals surface area contributed by atoms with E-state index in [4.69, 9.17) is 0 Å². The summed E-state index contributed by atoms with van der Waals surface area (Å²) >= 11 is 0. The molecule has 1 aromatic carbocycles. The molecule has 24 heavy (non-hydrogen) atoms. The van der Waals surface area contributed by atoms with Crippen LogP contribution in [0.3, 0.4) is 0 Å². The number of nitrogens with one attached hydrogen (secondary N) is 2. The number of aliphatic hydroxyl groups is 1. The maximum Gasteiger partial charge on any atom is 0.393 e. The molecule has 2 saturated carbocycles. The highest BCUT2D eigenvalue weighted by Crippen LogP contribution is 2.48. The van der Waals surface area contributed by atoms with E-state index in [2.05, 4.69) is 10.6 Å². The first-order chi connectivity index (χ1) is 11.4. The number of halogens is 3. The van der Waals surface area contributed by atoms with E-state index < -0.39 is 18.6 Å². The first kappa shape index (κ1) is 17.1. The van der Waals surface area contributed by atoms with Crippen molar-refractivity contribution in [3.05, 3.63) is 29.8 Å². The Kier molecular flexibility index (Phi) is 4.71. The van der Waals surface area contributed by atoms with Crippen LogP contribution < -0.4 is 10.6 Å². The Morgan fingerprint density at radius 2 is 1.92 bits per heavy atom. The van der Waals surface area contributed by atoms with Crippen LogP contribution in [0, 0.1) is 17.8 Å². The van der Waals surface area contributed by atoms with E-state index in [1.807, 2.05) is 0 Å². The van der Waals surface area contributed by atoms with Crippen LogP contribution in [0.5, 0.6) is 0 Å². The van der Waals surface area contributed by atoms with E-state index >= 15 is 0 Å². The van der Waals surface area contributed by atoms with Crippen molar-refractivity contribution in [2.75, 3.05) is 11.9 Å². The maximum atomic E-state index is 12.6. The van der Waals surface area contributed by atoms with Crippen molar-refractivity contribution < 1.29 is 23.1 Å². The van der Waals surface area contributed by atoms with Gasteiger partial charge in [0.05, 0.1) is 6.42 Å². The summed E-state index contributed by atoms with van der Waals surface area (Å²) < 4.78 is 37.9. The fourth-order valence-electron chi connectivity index (χ4n) is 4.22. The van der Waals surface area contributed by atoms with E-state index in [1.165, 1.54) is 18.2 Å². The number of para-hydroxylation sites is 1. The normalized spacial score (nSPS) is 28.8. The summed E-state index contributed by atoms with van der Waals surface area (Å²) in [6.07, 6.45) is -2.32. The fourth-order valence-corrected chi connectivity index (χ4v) is 4.22. The van der Waals surface area contributed by atoms with Gasteiger partial charge in [-0.3, -0.25) is 0 Å². The molecule has 4 atom stereocenters. The highest BCUT2D eigenvalue weighted by Gasteiger charge is 2.47. The number of rotatable bonds is 4. The van der Waals surface area contributed by atoms with Gasteiger partial charge in [-0.2, -0.15) is 13.2 Å². The van der Waals surface area contributed by atoms with Crippen molar-refractivity contribution in [1.29, 1.82) is 0 Å². The zero-order valence-electron chi connectivity index (χ0n) is 13.1. The topological polar surface area (TPSA) is 61.4 Å². The number of carbonyl (C=O) groups is 1. The summed E-state index contributed by atoms with van der Waals surface area (Å²) in [5.74, 6) is 0.825. The molecule has 2 aliphatic rings. The number of hydrogen-bond acceptors (Lipinski definition) is 2. The molecule has 0 heterocycles. The minimum Gasteiger partial charge on any atom is -0.396 e. The van der Waals surface area contributed by atoms with Gasteiger partial charge in [-0.1, -0.05) is 18.2 Å². The van der Waals surface area contributed by atoms with Gasteiger partial charge in [-0.05, 0) is 42.7 Å². The minimum atomic E-state index is -4.33. The van der Waals surface area contributed by atoms with Gasteiger partial charge in [0.25, 0.3) is 0 Å². The number of amides is 2. The van der Waals surface area contributed by atoms with Gasteiger partial charge in [0, 0.05) is 24.3 Å². The molecule has 1 aromatic rings. The molecule has 4 unspecified atom stereocenters. The van der Waals surface area contributed by atoms with Crippen molar-refractivity contribution in [3.63, 3.8) is 0 Å². The van der Waals surface area contributed by atoms with Crippen LogP contribution in [0.15, 0.2) is 24.3 Å². The van der Waals surface area contributed by atoms with E-state index in [9.17, 15) is 23.1 Å². The second-order valence-corrected chi connectivity index (χ2v) is 6.75. The number of carbonyl (C=O) groups excluding carboxylic acids is 1. The van der Waals surface area contributed by atoms with Crippen molar-refractivity contribution in [1.82, 2.24) is 5.32 Å². The minimum absolute atomic E-state index is 0.0246. The third-order valence-corrected chi connectivity index (χ3v) is 5.25. The predicted molar refractivity (Wildman–Crippen MR) is 83.6 cm³/mol. The van der Waals surface area contributed by atoms with Crippen LogP contribution in [0.4, 0.5) is 23.7 Å². The van der Waals surface area contributed by atoms with E-state index in [1.54, 1.807) is 6.07 Å². The molecule has 132 valence electrons. The zero-order valence-corrected chi connectivity index (χ0v) is 13.1. The van der Waals surface area contributed by atoms with E-state index in [0.717, 1.165) is 19.3 Å². The van der Waals surface area contributed by atoms with Gasteiger partial charge < -0.3 is 15.7 Å². The maximum absolute atomic E-state index is 12.6. The number of fused-ring (bicyclic) bond motifs is 2. The summed E-state index contributed by atoms with van der Waals surface area (Å²) in [5.41, 5.74) is 0.197. The fraction of sp³-hybridized carbons (Fsp3) is 0.588. The van der Waals surface area contributed by atoms with Crippen LogP contribution >= 0.6 is 0 Å². The van der Waals surface area contributed by atoms with Gasteiger partial charge in [0.15, 0.2) is 0 Å². The van der Waals surface area contributed by atoms with Crippen LogP contribution in [-0.2, 0) is 6.42 Å². The van der Waals surface area contributed by atoms with Gasteiger partial charge in [-0.15, -0.1) is 0 Å². The van der Waals surface area contributed by atoms with Gasteiger partial charge in [0.1, 0.15) is 0 Å². The number of alkyl halides is 3. The Balaban J connectivity index is 1.65. The first-order valence-electron chi connectivity index (χ1n) is 8.20. The lowest BCUT2D eigenvalue weighted by atomic mass is 9.85. The molecule has 2 amide bonds. The molecular formula is C17H21F3N2O2. The Labute approximate surface area is 138 Å². The molecule has 0 spiro atoms. The average molecular weight is 342 g/mol. The van der Waals surface area contributed by atoms with E-state index in [0.29, 0.717) is 11.8 Å². The Morgan fingerprint density at radius 1 is 1.21 bits per heavy atom. The molecule has 3 N–H and O–H groups in total. The van der Waals surface area contributed by atoms with Crippen molar-refractivity contribution in [3.8, 4) is 0 Å². The van der Waals surface area contributed by atoms with Gasteiger partial charge >= 0.3 is 12.2 Å². The third kappa shape index (κ3) is 3.66. The molecule has 0 saturated heterocycles. The lowest BCUT2D eigenvalue weighted by molar-refractivity contribution is -0.127. The van der Waals surface area contributed by atoms with Crippen LogP contribution in [0.1, 0.15) is 24.8 Å². The zero-order chi connectivity index (χ0) is 17.3. The predicted octanol–water partition coefficient (Wildman–Crippen LogP) is 3.32. The lowest BCUT2D eigenvalue weighted by Crippen LogP contribution is -2.47. The Bertz CT molecular complexity index is 606. The first-order valence-corrected chi connectivity index (χ1v) is 8.20. The van der Waals surface area contributed by atoms with Crippen LogP contribution in [0.2, 0.25) is 0 Å². The molecule has 2 fully saturated rings. The van der Waals surface area contributed by atoms with Crippen LogP contribution in [0.25, 0.3) is 0 Å². The largest absolute Gasteiger partial charge is 0.396 e. The Morgan fingerprint density at radius 3 is 2.62 bits per heavy atom. The van der Waals surface area contributed by atoms with Gasteiger partial charge in [0.2, 0.25) is 0 Å². The average Bonchev–Trinajstić information content (AvgIpc) is 3.09. The smallest absolute Gasteiger partial charge is 0.393 e. The number of aliphatic hydroxyl groups excluding tert-OH is 1. The second kappa shape index (κ2) is 6.63. The summed E-state index contributed by atoms with van der Waals surface area (Å²) in [4.78, 5) is 12.2. The monoisotopic (exact) mass is 342 g/mol. The number of hydrogen-bond donors (Lipinski definition) is 3. The molecule has 2 aliphatic carbocycles. The number of anilines is 1. The third-order valence-electron chi connectivity index (χ3n) is 5.25. The summed E-state index contributed by atoms with van der Waals surface area (Å²) in [7, 11) is 0. The molecular weight excluding hydrogens is 321 g/mol. The van der Waals surface area contributed by atoms with E-state index in [-0.39, 0.29) is 29.8 Å². The second-order valence-electron chi connectivity index (χ2n) is 6.75. The molecule has 0 aliphatic heterocycles. The lowest BCUT2D eigenvalue weighted by Gasteiger charge is -2.30. The van der Waals surface area contributed by atoms with Crippen LogP contribution in [-0.4, -0.2) is 30.0 Å². The Hall–Kier alpha value is -1.76. The van der Waals surface area contributed by atoms with Crippen molar-refractivity contribution in [2.45, 2.75) is 37.9 Å². The van der Waals surface area contributed by atoms with Crippen molar-refractivity contribution in [2.24, 2.45) is 17.8 Å². The molecule has 2 bridgehead atoms. The highest BCUT2D eigenvalue weighted by atomic mass is 19.4. The highest BCUT2D eigenvalue weighted by molar-refractivity contribution is 5.90.